The molecule has 0 amide bonds. The lowest BCUT2D eigenvalue weighted by molar-refractivity contribution is -0.00568. The molecule has 1 saturated carbocycles. The third kappa shape index (κ3) is 4.18. The molecule has 0 aromatic carbocycles. The van der Waals surface area contributed by atoms with E-state index in [1.54, 1.807) is 0 Å². The molecule has 0 aliphatic heterocycles. The first kappa shape index (κ1) is 17.6. The number of aliphatic hydroxyl groups is 1. The van der Waals surface area contributed by atoms with Gasteiger partial charge in [-0.2, -0.15) is 0 Å². The minimum absolute atomic E-state index is 0.0112. The molecular formula is C18H30NO2Si. The maximum atomic E-state index is 10.9. The highest BCUT2D eigenvalue weighted by Crippen LogP contribution is 2.39. The number of rotatable bonds is 4. The Labute approximate surface area is 136 Å². The molecule has 3 nitrogen and oxygen atoms in total. The molecule has 0 bridgehead atoms. The van der Waals surface area contributed by atoms with Gasteiger partial charge in [-0.25, -0.2) is 0 Å². The van der Waals surface area contributed by atoms with Gasteiger partial charge in [0.25, 0.3) is 0 Å². The molecule has 1 N–H and O–H groups in total. The Morgan fingerprint density at radius 3 is 2.36 bits per heavy atom. The first-order chi connectivity index (χ1) is 10.2. The largest absolute Gasteiger partial charge is 0.408 e. The van der Waals surface area contributed by atoms with Crippen molar-refractivity contribution in [3.63, 3.8) is 0 Å². The van der Waals surface area contributed by atoms with Crippen LogP contribution in [0.5, 0.6) is 0 Å². The zero-order valence-electron chi connectivity index (χ0n) is 14.6. The van der Waals surface area contributed by atoms with E-state index in [-0.39, 0.29) is 11.5 Å². The molecule has 1 aliphatic carbocycles. The summed E-state index contributed by atoms with van der Waals surface area (Å²) in [6.45, 7) is 10.9. The van der Waals surface area contributed by atoms with E-state index >= 15 is 0 Å². The second-order valence-corrected chi connectivity index (χ2v) is 9.86. The quantitative estimate of drug-likeness (QED) is 0.825. The van der Waals surface area contributed by atoms with E-state index in [1.807, 2.05) is 18.2 Å². The molecule has 1 fully saturated rings. The number of hydrogen-bond acceptors (Lipinski definition) is 3. The summed E-state index contributed by atoms with van der Waals surface area (Å²) in [5.41, 5.74) is 1.02. The van der Waals surface area contributed by atoms with Crippen LogP contribution in [-0.4, -0.2) is 19.1 Å². The van der Waals surface area contributed by atoms with Crippen molar-refractivity contribution in [1.29, 1.82) is 0 Å². The van der Waals surface area contributed by atoms with E-state index in [4.69, 9.17) is 9.41 Å². The van der Waals surface area contributed by atoms with Gasteiger partial charge in [0.2, 0.25) is 9.04 Å². The standard InChI is InChI=1S/C18H30NO2Si/c1-17(2,3)16(21-22(4)5)14-10-9-11-15(19-14)18(20)12-7-6-8-13-18/h9-11,16,20H,6-8,12-13H2,1-5H3. The van der Waals surface area contributed by atoms with Crippen LogP contribution in [0.2, 0.25) is 13.1 Å². The van der Waals surface area contributed by atoms with E-state index < -0.39 is 14.6 Å². The second-order valence-electron chi connectivity index (χ2n) is 7.81. The van der Waals surface area contributed by atoms with Crippen LogP contribution in [0.4, 0.5) is 0 Å². The molecule has 4 heteroatoms. The molecule has 1 atom stereocenters. The van der Waals surface area contributed by atoms with Crippen molar-refractivity contribution in [3.8, 4) is 0 Å². The lowest BCUT2D eigenvalue weighted by atomic mass is 9.81. The van der Waals surface area contributed by atoms with E-state index in [0.717, 1.165) is 37.1 Å². The van der Waals surface area contributed by atoms with E-state index in [1.165, 1.54) is 6.42 Å². The molecule has 22 heavy (non-hydrogen) atoms. The van der Waals surface area contributed by atoms with Gasteiger partial charge in [0.1, 0.15) is 5.60 Å². The minimum atomic E-state index is -0.817. The zero-order chi connectivity index (χ0) is 16.4. The lowest BCUT2D eigenvalue weighted by Crippen LogP contribution is -2.31. The van der Waals surface area contributed by atoms with Crippen molar-refractivity contribution in [3.05, 3.63) is 29.6 Å². The van der Waals surface area contributed by atoms with E-state index in [9.17, 15) is 5.11 Å². The summed E-state index contributed by atoms with van der Waals surface area (Å²) in [4.78, 5) is 4.83. The van der Waals surface area contributed by atoms with Gasteiger partial charge >= 0.3 is 0 Å². The fourth-order valence-electron chi connectivity index (χ4n) is 3.17. The van der Waals surface area contributed by atoms with Gasteiger partial charge in [-0.3, -0.25) is 4.98 Å². The minimum Gasteiger partial charge on any atom is -0.408 e. The SMILES string of the molecule is C[Si](C)OC(c1cccc(C2(O)CCCCC2)n1)C(C)(C)C. The summed E-state index contributed by atoms with van der Waals surface area (Å²) in [5, 5.41) is 10.9. The van der Waals surface area contributed by atoms with Crippen molar-refractivity contribution in [1.82, 2.24) is 4.98 Å². The van der Waals surface area contributed by atoms with Crippen LogP contribution >= 0.6 is 0 Å². The van der Waals surface area contributed by atoms with Crippen LogP contribution in [0.3, 0.4) is 0 Å². The van der Waals surface area contributed by atoms with Gasteiger partial charge in [-0.15, -0.1) is 0 Å². The highest BCUT2D eigenvalue weighted by molar-refractivity contribution is 6.48. The average molecular weight is 321 g/mol. The van der Waals surface area contributed by atoms with E-state index in [0.29, 0.717) is 0 Å². The van der Waals surface area contributed by atoms with Crippen molar-refractivity contribution in [2.75, 3.05) is 0 Å². The van der Waals surface area contributed by atoms with Crippen molar-refractivity contribution in [2.24, 2.45) is 5.41 Å². The molecule has 1 unspecified atom stereocenters. The summed E-state index contributed by atoms with van der Waals surface area (Å²) in [6.07, 6.45) is 5.00. The molecule has 1 heterocycles. The first-order valence-corrected chi connectivity index (χ1v) is 10.8. The third-order valence-electron chi connectivity index (χ3n) is 4.34. The molecule has 2 rings (SSSR count). The highest BCUT2D eigenvalue weighted by atomic mass is 28.3. The number of nitrogens with zero attached hydrogens (tertiary/aromatic N) is 1. The van der Waals surface area contributed by atoms with Gasteiger partial charge in [0.05, 0.1) is 17.5 Å². The van der Waals surface area contributed by atoms with Crippen LogP contribution in [0.15, 0.2) is 18.2 Å². The molecule has 1 radical (unpaired) electrons. The second kappa shape index (κ2) is 6.81. The van der Waals surface area contributed by atoms with Crippen LogP contribution < -0.4 is 0 Å². The topological polar surface area (TPSA) is 42.4 Å². The Kier molecular flexibility index (Phi) is 5.46. The van der Waals surface area contributed by atoms with Crippen molar-refractivity contribution < 1.29 is 9.53 Å². The summed E-state index contributed by atoms with van der Waals surface area (Å²) in [5.74, 6) is 0. The van der Waals surface area contributed by atoms with Crippen molar-refractivity contribution >= 4 is 9.04 Å². The Hall–Kier alpha value is -0.713. The summed E-state index contributed by atoms with van der Waals surface area (Å²) in [6, 6.07) is 6.03. The number of pyridine rings is 1. The molecule has 0 saturated heterocycles. The normalized spacial score (nSPS) is 20.1. The Bertz CT molecular complexity index is 490. The lowest BCUT2D eigenvalue weighted by Gasteiger charge is -2.34. The predicted molar refractivity (Wildman–Crippen MR) is 92.0 cm³/mol. The van der Waals surface area contributed by atoms with Crippen LogP contribution in [-0.2, 0) is 10.0 Å². The van der Waals surface area contributed by atoms with Gasteiger partial charge in [0, 0.05) is 0 Å². The summed E-state index contributed by atoms with van der Waals surface area (Å²) < 4.78 is 6.23. The molecule has 0 spiro atoms. The molecule has 1 aromatic rings. The fourth-order valence-corrected chi connectivity index (χ4v) is 4.11. The van der Waals surface area contributed by atoms with Gasteiger partial charge in [-0.1, -0.05) is 46.1 Å². The third-order valence-corrected chi connectivity index (χ3v) is 5.04. The molecule has 123 valence electrons. The average Bonchev–Trinajstić information content (AvgIpc) is 2.44. The number of hydrogen-bond donors (Lipinski definition) is 1. The summed E-state index contributed by atoms with van der Waals surface area (Å²) in [7, 11) is -0.817. The Balaban J connectivity index is 2.33. The molecule has 1 aliphatic rings. The highest BCUT2D eigenvalue weighted by Gasteiger charge is 2.34. The first-order valence-electron chi connectivity index (χ1n) is 8.39. The van der Waals surface area contributed by atoms with E-state index in [2.05, 4.69) is 33.9 Å². The maximum Gasteiger partial charge on any atom is 0.205 e. The number of aromatic nitrogens is 1. The Morgan fingerprint density at radius 2 is 1.82 bits per heavy atom. The molecular weight excluding hydrogens is 290 g/mol. The van der Waals surface area contributed by atoms with Crippen molar-refractivity contribution in [2.45, 2.75) is 77.7 Å². The fraction of sp³-hybridized carbons (Fsp3) is 0.722. The summed E-state index contributed by atoms with van der Waals surface area (Å²) >= 11 is 0. The van der Waals surface area contributed by atoms with Crippen LogP contribution in [0, 0.1) is 5.41 Å². The predicted octanol–water partition coefficient (Wildman–Crippen LogP) is 4.59. The molecule has 1 aromatic heterocycles. The zero-order valence-corrected chi connectivity index (χ0v) is 15.6. The van der Waals surface area contributed by atoms with Crippen LogP contribution in [0.1, 0.15) is 70.4 Å². The van der Waals surface area contributed by atoms with Crippen LogP contribution in [0.25, 0.3) is 0 Å². The van der Waals surface area contributed by atoms with Gasteiger partial charge < -0.3 is 9.53 Å². The monoisotopic (exact) mass is 320 g/mol. The Morgan fingerprint density at radius 1 is 1.18 bits per heavy atom. The van der Waals surface area contributed by atoms with Gasteiger partial charge in [-0.05, 0) is 43.5 Å². The van der Waals surface area contributed by atoms with Gasteiger partial charge in [0.15, 0.2) is 0 Å². The maximum absolute atomic E-state index is 10.9. The smallest absolute Gasteiger partial charge is 0.205 e.